The molecule has 18 heavy (non-hydrogen) atoms. The number of halogens is 1. The second-order valence-corrected chi connectivity index (χ2v) is 5.97. The molecule has 0 amide bonds. The highest BCUT2D eigenvalue weighted by atomic mass is 35.5. The van der Waals surface area contributed by atoms with E-state index in [4.69, 9.17) is 11.6 Å². The van der Waals surface area contributed by atoms with Crippen LogP contribution in [-0.2, 0) is 9.84 Å². The van der Waals surface area contributed by atoms with Crippen LogP contribution in [0.1, 0.15) is 10.4 Å². The number of rotatable bonds is 3. The highest BCUT2D eigenvalue weighted by molar-refractivity contribution is 7.91. The molecule has 0 spiro atoms. The minimum absolute atomic E-state index is 0.00215. The van der Waals surface area contributed by atoms with Crippen molar-refractivity contribution in [3.8, 4) is 0 Å². The molecule has 0 aromatic heterocycles. The summed E-state index contributed by atoms with van der Waals surface area (Å²) in [5, 5.41) is 0.456. The zero-order valence-corrected chi connectivity index (χ0v) is 10.8. The average Bonchev–Trinajstić information content (AvgIpc) is 2.39. The van der Waals surface area contributed by atoms with Crippen LogP contribution in [-0.4, -0.2) is 14.7 Å². The van der Waals surface area contributed by atoms with Crippen molar-refractivity contribution in [2.45, 2.75) is 9.79 Å². The monoisotopic (exact) mass is 280 g/mol. The van der Waals surface area contributed by atoms with E-state index >= 15 is 0 Å². The first-order valence-electron chi connectivity index (χ1n) is 5.10. The van der Waals surface area contributed by atoms with E-state index in [2.05, 4.69) is 0 Å². The molecule has 0 aliphatic carbocycles. The van der Waals surface area contributed by atoms with Gasteiger partial charge in [-0.15, -0.1) is 0 Å². The second kappa shape index (κ2) is 4.92. The smallest absolute Gasteiger partial charge is 0.207 e. The first kappa shape index (κ1) is 12.8. The van der Waals surface area contributed by atoms with Gasteiger partial charge in [0.25, 0.3) is 0 Å². The fraction of sp³-hybridized carbons (Fsp3) is 0. The molecule has 0 atom stereocenters. The predicted molar refractivity (Wildman–Crippen MR) is 68.7 cm³/mol. The van der Waals surface area contributed by atoms with Gasteiger partial charge in [-0.1, -0.05) is 29.8 Å². The van der Waals surface area contributed by atoms with E-state index in [-0.39, 0.29) is 15.4 Å². The lowest BCUT2D eigenvalue weighted by Crippen LogP contribution is -2.05. The van der Waals surface area contributed by atoms with Gasteiger partial charge in [-0.2, -0.15) is 0 Å². The van der Waals surface area contributed by atoms with E-state index in [1.54, 1.807) is 12.1 Å². The highest BCUT2D eigenvalue weighted by Gasteiger charge is 2.20. The third kappa shape index (κ3) is 2.30. The minimum atomic E-state index is -3.69. The fourth-order valence-electron chi connectivity index (χ4n) is 1.56. The quantitative estimate of drug-likeness (QED) is 0.812. The largest absolute Gasteiger partial charge is 0.298 e. The van der Waals surface area contributed by atoms with Crippen molar-refractivity contribution in [3.05, 3.63) is 59.1 Å². The number of carbonyl (C=O) groups excluding carboxylic acids is 1. The first-order valence-corrected chi connectivity index (χ1v) is 6.96. The number of hydrogen-bond acceptors (Lipinski definition) is 3. The molecule has 3 nitrogen and oxygen atoms in total. The summed E-state index contributed by atoms with van der Waals surface area (Å²) in [7, 11) is -3.69. The highest BCUT2D eigenvalue weighted by Crippen LogP contribution is 2.24. The zero-order valence-electron chi connectivity index (χ0n) is 9.21. The molecule has 0 saturated heterocycles. The van der Waals surface area contributed by atoms with Gasteiger partial charge in [-0.3, -0.25) is 4.79 Å². The van der Waals surface area contributed by atoms with E-state index in [9.17, 15) is 13.2 Å². The maximum Gasteiger partial charge on any atom is 0.207 e. The molecule has 0 heterocycles. The Kier molecular flexibility index (Phi) is 3.50. The van der Waals surface area contributed by atoms with Gasteiger partial charge < -0.3 is 0 Å². The van der Waals surface area contributed by atoms with Crippen molar-refractivity contribution in [1.82, 2.24) is 0 Å². The van der Waals surface area contributed by atoms with Gasteiger partial charge in [-0.25, -0.2) is 8.42 Å². The molecule has 0 bridgehead atoms. The van der Waals surface area contributed by atoms with Crippen LogP contribution in [0.25, 0.3) is 0 Å². The Labute approximate surface area is 110 Å². The summed E-state index contributed by atoms with van der Waals surface area (Å²) in [4.78, 5) is 11.0. The van der Waals surface area contributed by atoms with E-state index in [1.807, 2.05) is 0 Å². The number of benzene rings is 2. The zero-order chi connectivity index (χ0) is 13.2. The van der Waals surface area contributed by atoms with Crippen molar-refractivity contribution < 1.29 is 13.2 Å². The molecule has 92 valence electrons. The number of sulfone groups is 1. The van der Waals surface area contributed by atoms with Gasteiger partial charge in [0.1, 0.15) is 0 Å². The van der Waals surface area contributed by atoms with Crippen LogP contribution in [0.4, 0.5) is 0 Å². The van der Waals surface area contributed by atoms with Crippen LogP contribution in [0, 0.1) is 0 Å². The molecule has 2 rings (SSSR count). The van der Waals surface area contributed by atoms with Crippen molar-refractivity contribution in [2.75, 3.05) is 0 Å². The topological polar surface area (TPSA) is 51.2 Å². The Bertz CT molecular complexity index is 676. The van der Waals surface area contributed by atoms with E-state index < -0.39 is 9.84 Å². The van der Waals surface area contributed by atoms with Gasteiger partial charge >= 0.3 is 0 Å². The molecule has 5 heteroatoms. The predicted octanol–water partition coefficient (Wildman–Crippen LogP) is 2.99. The van der Waals surface area contributed by atoms with E-state index in [0.717, 1.165) is 0 Å². The summed E-state index contributed by atoms with van der Waals surface area (Å²) in [6.45, 7) is 0. The number of carbonyl (C=O) groups is 1. The van der Waals surface area contributed by atoms with Gasteiger partial charge in [-0.05, 0) is 30.3 Å². The first-order chi connectivity index (χ1) is 8.55. The van der Waals surface area contributed by atoms with Crippen molar-refractivity contribution in [3.63, 3.8) is 0 Å². The van der Waals surface area contributed by atoms with Crippen LogP contribution in [0.5, 0.6) is 0 Å². The van der Waals surface area contributed by atoms with Crippen LogP contribution in [0.3, 0.4) is 0 Å². The number of aldehydes is 1. The molecule has 0 radical (unpaired) electrons. The summed E-state index contributed by atoms with van der Waals surface area (Å²) in [5.41, 5.74) is 0.146. The Balaban J connectivity index is 2.61. The standard InChI is InChI=1S/C13H9ClO3S/c14-11-5-7-12(8-6-11)18(16,17)13-4-2-1-3-10(13)9-15/h1-9H. The molecule has 0 aliphatic rings. The van der Waals surface area contributed by atoms with E-state index in [1.165, 1.54) is 36.4 Å². The van der Waals surface area contributed by atoms with Gasteiger partial charge in [0.05, 0.1) is 9.79 Å². The Morgan fingerprint density at radius 2 is 1.56 bits per heavy atom. The molecule has 2 aromatic carbocycles. The molecule has 2 aromatic rings. The summed E-state index contributed by atoms with van der Waals surface area (Å²) in [6.07, 6.45) is 0.531. The van der Waals surface area contributed by atoms with Crippen LogP contribution >= 0.6 is 11.6 Å². The van der Waals surface area contributed by atoms with Crippen molar-refractivity contribution in [1.29, 1.82) is 0 Å². The second-order valence-electron chi connectivity index (χ2n) is 3.61. The molecule has 0 aliphatic heterocycles. The summed E-state index contributed by atoms with van der Waals surface area (Å²) in [6, 6.07) is 11.9. The summed E-state index contributed by atoms with van der Waals surface area (Å²) in [5.74, 6) is 0. The van der Waals surface area contributed by atoms with Crippen molar-refractivity contribution in [2.24, 2.45) is 0 Å². The van der Waals surface area contributed by atoms with Gasteiger partial charge in [0.2, 0.25) is 9.84 Å². The van der Waals surface area contributed by atoms with Gasteiger partial charge in [0, 0.05) is 10.6 Å². The molecule has 0 N–H and O–H groups in total. The normalized spacial score (nSPS) is 11.2. The maximum atomic E-state index is 12.3. The minimum Gasteiger partial charge on any atom is -0.298 e. The molecular formula is C13H9ClO3S. The number of hydrogen-bond donors (Lipinski definition) is 0. The maximum absolute atomic E-state index is 12.3. The van der Waals surface area contributed by atoms with Gasteiger partial charge in [0.15, 0.2) is 6.29 Å². The Morgan fingerprint density at radius 1 is 0.944 bits per heavy atom. The summed E-state index contributed by atoms with van der Waals surface area (Å²) < 4.78 is 24.6. The molecular weight excluding hydrogens is 272 g/mol. The van der Waals surface area contributed by atoms with Crippen LogP contribution in [0.15, 0.2) is 58.3 Å². The van der Waals surface area contributed by atoms with Crippen LogP contribution < -0.4 is 0 Å². The Morgan fingerprint density at radius 3 is 2.17 bits per heavy atom. The molecule has 0 fully saturated rings. The third-order valence-electron chi connectivity index (χ3n) is 2.46. The van der Waals surface area contributed by atoms with E-state index in [0.29, 0.717) is 11.3 Å². The average molecular weight is 281 g/mol. The lowest BCUT2D eigenvalue weighted by molar-refractivity contribution is 0.112. The SMILES string of the molecule is O=Cc1ccccc1S(=O)(=O)c1ccc(Cl)cc1. The third-order valence-corrected chi connectivity index (χ3v) is 4.55. The lowest BCUT2D eigenvalue weighted by atomic mass is 10.2. The van der Waals surface area contributed by atoms with Crippen molar-refractivity contribution >= 4 is 27.7 Å². The molecule has 0 unspecified atom stereocenters. The Hall–Kier alpha value is -1.65. The molecule has 0 saturated carbocycles. The fourth-order valence-corrected chi connectivity index (χ4v) is 3.12. The van der Waals surface area contributed by atoms with Crippen LogP contribution in [0.2, 0.25) is 5.02 Å². The summed E-state index contributed by atoms with van der Waals surface area (Å²) >= 11 is 5.72. The lowest BCUT2D eigenvalue weighted by Gasteiger charge is -2.06.